The maximum Gasteiger partial charge on any atom is 0.253 e. The van der Waals surface area contributed by atoms with Gasteiger partial charge in [0.15, 0.2) is 0 Å². The zero-order valence-electron chi connectivity index (χ0n) is 12.0. The summed E-state index contributed by atoms with van der Waals surface area (Å²) in [6, 6.07) is 7.70. The summed E-state index contributed by atoms with van der Waals surface area (Å²) in [7, 11) is 5.82. The van der Waals surface area contributed by atoms with Crippen molar-refractivity contribution in [1.29, 1.82) is 0 Å². The second-order valence-electron chi connectivity index (χ2n) is 4.92. The third kappa shape index (κ3) is 5.11. The summed E-state index contributed by atoms with van der Waals surface area (Å²) >= 11 is 5.63. The molecule has 0 aliphatic heterocycles. The maximum atomic E-state index is 12.2. The Morgan fingerprint density at radius 3 is 2.21 bits per heavy atom. The van der Waals surface area contributed by atoms with Gasteiger partial charge in [-0.05, 0) is 37.1 Å². The number of carbonyl (C=O) groups is 1. The molecule has 1 aromatic rings. The second-order valence-corrected chi connectivity index (χ2v) is 5.30. The number of hydrogen-bond donors (Lipinski definition) is 0. The fourth-order valence-corrected chi connectivity index (χ4v) is 2.03. The highest BCUT2D eigenvalue weighted by molar-refractivity contribution is 6.17. The first-order valence-electron chi connectivity index (χ1n) is 6.65. The molecule has 0 saturated carbocycles. The summed E-state index contributed by atoms with van der Waals surface area (Å²) in [5, 5.41) is 0. The monoisotopic (exact) mass is 282 g/mol. The van der Waals surface area contributed by atoms with E-state index in [4.69, 9.17) is 11.6 Å². The molecule has 1 aromatic carbocycles. The molecular weight excluding hydrogens is 260 g/mol. The van der Waals surface area contributed by atoms with Gasteiger partial charge in [0.25, 0.3) is 5.91 Å². The van der Waals surface area contributed by atoms with E-state index >= 15 is 0 Å². The van der Waals surface area contributed by atoms with Crippen molar-refractivity contribution in [3.8, 4) is 0 Å². The minimum Gasteiger partial charge on any atom is -0.378 e. The van der Waals surface area contributed by atoms with Crippen LogP contribution in [-0.2, 0) is 0 Å². The largest absolute Gasteiger partial charge is 0.378 e. The molecular formula is C15H23ClN2O. The number of anilines is 1. The number of carbonyl (C=O) groups excluding carboxylic acids is 1. The summed E-state index contributed by atoms with van der Waals surface area (Å²) in [4.78, 5) is 16.0. The molecule has 0 bridgehead atoms. The molecule has 4 heteroatoms. The van der Waals surface area contributed by atoms with Gasteiger partial charge in [0.2, 0.25) is 0 Å². The van der Waals surface area contributed by atoms with Gasteiger partial charge in [-0.15, -0.1) is 11.6 Å². The van der Waals surface area contributed by atoms with Crippen LogP contribution in [0.15, 0.2) is 24.3 Å². The van der Waals surface area contributed by atoms with Gasteiger partial charge in [-0.25, -0.2) is 0 Å². The van der Waals surface area contributed by atoms with Crippen molar-refractivity contribution in [2.75, 3.05) is 38.5 Å². The number of benzene rings is 1. The molecule has 0 radical (unpaired) electrons. The second kappa shape index (κ2) is 8.05. The van der Waals surface area contributed by atoms with Gasteiger partial charge in [-0.2, -0.15) is 0 Å². The van der Waals surface area contributed by atoms with Crippen LogP contribution in [0, 0.1) is 0 Å². The predicted octanol–water partition coefficient (Wildman–Crippen LogP) is 3.23. The van der Waals surface area contributed by atoms with Gasteiger partial charge in [0, 0.05) is 44.8 Å². The Balaban J connectivity index is 2.51. The number of rotatable bonds is 7. The third-order valence-electron chi connectivity index (χ3n) is 3.10. The summed E-state index contributed by atoms with van der Waals surface area (Å²) in [6.07, 6.45) is 3.09. The Morgan fingerprint density at radius 1 is 1.05 bits per heavy atom. The van der Waals surface area contributed by atoms with Crippen LogP contribution in [0.1, 0.15) is 29.6 Å². The fourth-order valence-electron chi connectivity index (χ4n) is 1.84. The lowest BCUT2D eigenvalue weighted by molar-refractivity contribution is 0.0793. The predicted molar refractivity (Wildman–Crippen MR) is 82.3 cm³/mol. The Morgan fingerprint density at radius 2 is 1.68 bits per heavy atom. The average Bonchev–Trinajstić information content (AvgIpc) is 2.42. The van der Waals surface area contributed by atoms with Crippen LogP contribution in [0.2, 0.25) is 0 Å². The lowest BCUT2D eigenvalue weighted by atomic mass is 10.1. The van der Waals surface area contributed by atoms with Gasteiger partial charge < -0.3 is 9.80 Å². The first kappa shape index (κ1) is 15.8. The summed E-state index contributed by atoms with van der Waals surface area (Å²) in [5.41, 5.74) is 1.84. The summed E-state index contributed by atoms with van der Waals surface area (Å²) in [5.74, 6) is 0.778. The van der Waals surface area contributed by atoms with Crippen LogP contribution < -0.4 is 4.90 Å². The van der Waals surface area contributed by atoms with E-state index in [0.717, 1.165) is 37.1 Å². The highest BCUT2D eigenvalue weighted by Crippen LogP contribution is 2.13. The van der Waals surface area contributed by atoms with E-state index in [1.807, 2.05) is 50.3 Å². The van der Waals surface area contributed by atoms with Gasteiger partial charge >= 0.3 is 0 Å². The molecule has 0 saturated heterocycles. The Labute approximate surface area is 121 Å². The molecule has 0 aliphatic carbocycles. The van der Waals surface area contributed by atoms with E-state index in [1.54, 1.807) is 4.90 Å². The van der Waals surface area contributed by atoms with Gasteiger partial charge in [0.1, 0.15) is 0 Å². The zero-order valence-corrected chi connectivity index (χ0v) is 12.8. The van der Waals surface area contributed by atoms with Crippen LogP contribution in [0.5, 0.6) is 0 Å². The number of halogens is 1. The van der Waals surface area contributed by atoms with E-state index < -0.39 is 0 Å². The Kier molecular flexibility index (Phi) is 6.71. The van der Waals surface area contributed by atoms with Gasteiger partial charge in [-0.1, -0.05) is 6.42 Å². The van der Waals surface area contributed by atoms with Crippen molar-refractivity contribution in [2.24, 2.45) is 0 Å². The summed E-state index contributed by atoms with van der Waals surface area (Å²) in [6.45, 7) is 0.783. The van der Waals surface area contributed by atoms with Crippen molar-refractivity contribution in [2.45, 2.75) is 19.3 Å². The first-order valence-corrected chi connectivity index (χ1v) is 7.18. The number of hydrogen-bond acceptors (Lipinski definition) is 2. The lowest BCUT2D eigenvalue weighted by Gasteiger charge is -2.18. The zero-order chi connectivity index (χ0) is 14.3. The quantitative estimate of drug-likeness (QED) is 0.566. The molecule has 19 heavy (non-hydrogen) atoms. The molecule has 1 amide bonds. The van der Waals surface area contributed by atoms with Crippen molar-refractivity contribution in [3.63, 3.8) is 0 Å². The Bertz CT molecular complexity index is 390. The van der Waals surface area contributed by atoms with Crippen LogP contribution in [0.25, 0.3) is 0 Å². The molecule has 0 aliphatic rings. The standard InChI is InChI=1S/C15H23ClN2O/c1-17(2)14-9-7-13(8-10-14)15(19)18(3)12-6-4-5-11-16/h7-10H,4-6,11-12H2,1-3H3. The minimum atomic E-state index is 0.0798. The number of nitrogens with zero attached hydrogens (tertiary/aromatic N) is 2. The van der Waals surface area contributed by atoms with Crippen LogP contribution in [0.3, 0.4) is 0 Å². The first-order chi connectivity index (χ1) is 9.06. The van der Waals surface area contributed by atoms with E-state index in [1.165, 1.54) is 0 Å². The Hall–Kier alpha value is -1.22. The highest BCUT2D eigenvalue weighted by Gasteiger charge is 2.11. The van der Waals surface area contributed by atoms with Crippen molar-refractivity contribution in [3.05, 3.63) is 29.8 Å². The molecule has 3 nitrogen and oxygen atoms in total. The normalized spacial score (nSPS) is 10.3. The third-order valence-corrected chi connectivity index (χ3v) is 3.37. The maximum absolute atomic E-state index is 12.2. The number of amides is 1. The summed E-state index contributed by atoms with van der Waals surface area (Å²) < 4.78 is 0. The van der Waals surface area contributed by atoms with E-state index in [9.17, 15) is 4.79 Å². The number of alkyl halides is 1. The van der Waals surface area contributed by atoms with E-state index in [0.29, 0.717) is 5.88 Å². The molecule has 0 atom stereocenters. The smallest absolute Gasteiger partial charge is 0.253 e. The molecule has 1 rings (SSSR count). The molecule has 0 fully saturated rings. The van der Waals surface area contributed by atoms with E-state index in [-0.39, 0.29) is 5.91 Å². The average molecular weight is 283 g/mol. The van der Waals surface area contributed by atoms with Crippen molar-refractivity contribution < 1.29 is 4.79 Å². The highest BCUT2D eigenvalue weighted by atomic mass is 35.5. The van der Waals surface area contributed by atoms with Gasteiger partial charge in [0.05, 0.1) is 0 Å². The molecule has 0 unspecified atom stereocenters. The molecule has 0 heterocycles. The molecule has 106 valence electrons. The molecule has 0 N–H and O–H groups in total. The lowest BCUT2D eigenvalue weighted by Crippen LogP contribution is -2.27. The number of unbranched alkanes of at least 4 members (excludes halogenated alkanes) is 2. The van der Waals surface area contributed by atoms with Crippen LogP contribution in [0.4, 0.5) is 5.69 Å². The minimum absolute atomic E-state index is 0.0798. The van der Waals surface area contributed by atoms with Crippen molar-refractivity contribution >= 4 is 23.2 Å². The van der Waals surface area contributed by atoms with Crippen LogP contribution in [-0.4, -0.2) is 44.4 Å². The molecule has 0 spiro atoms. The topological polar surface area (TPSA) is 23.6 Å². The van der Waals surface area contributed by atoms with Crippen molar-refractivity contribution in [1.82, 2.24) is 4.90 Å². The van der Waals surface area contributed by atoms with Gasteiger partial charge in [-0.3, -0.25) is 4.79 Å². The van der Waals surface area contributed by atoms with E-state index in [2.05, 4.69) is 0 Å². The SMILES string of the molecule is CN(CCCCCCl)C(=O)c1ccc(N(C)C)cc1. The van der Waals surface area contributed by atoms with Crippen LogP contribution >= 0.6 is 11.6 Å². The fraction of sp³-hybridized carbons (Fsp3) is 0.533. The molecule has 0 aromatic heterocycles.